The average molecular weight is 364 g/mol. The Kier molecular flexibility index (Phi) is 5.16. The first-order valence-corrected chi connectivity index (χ1v) is 8.58. The summed E-state index contributed by atoms with van der Waals surface area (Å²) >= 11 is 0. The van der Waals surface area contributed by atoms with Crippen molar-refractivity contribution in [3.8, 4) is 0 Å². The van der Waals surface area contributed by atoms with Crippen LogP contribution in [-0.2, 0) is 5.41 Å². The largest absolute Gasteiger partial charge is 0.322 e. The number of amides is 1. The second kappa shape index (κ2) is 7.53. The second-order valence-corrected chi connectivity index (χ2v) is 7.18. The van der Waals surface area contributed by atoms with Crippen molar-refractivity contribution in [2.24, 2.45) is 0 Å². The maximum atomic E-state index is 13.6. The molecule has 0 aliphatic heterocycles. The number of nitrogens with zero attached hydrogens (tertiary/aromatic N) is 2. The second-order valence-electron chi connectivity index (χ2n) is 7.18. The van der Waals surface area contributed by atoms with E-state index >= 15 is 0 Å². The third-order valence-electron chi connectivity index (χ3n) is 4.04. The summed E-state index contributed by atoms with van der Waals surface area (Å²) in [6.45, 7) is 6.40. The zero-order chi connectivity index (χ0) is 19.4. The molecule has 0 saturated heterocycles. The van der Waals surface area contributed by atoms with Gasteiger partial charge in [0.2, 0.25) is 5.95 Å². The lowest BCUT2D eigenvalue weighted by Crippen LogP contribution is -2.14. The van der Waals surface area contributed by atoms with E-state index in [4.69, 9.17) is 0 Å². The molecular weight excluding hydrogens is 343 g/mol. The minimum Gasteiger partial charge on any atom is -0.322 e. The summed E-state index contributed by atoms with van der Waals surface area (Å²) in [6, 6.07) is 14.0. The number of aromatic nitrogens is 2. The lowest BCUT2D eigenvalue weighted by molar-refractivity contribution is 0.102. The van der Waals surface area contributed by atoms with Crippen LogP contribution in [0.5, 0.6) is 0 Å². The maximum Gasteiger partial charge on any atom is 0.258 e. The quantitative estimate of drug-likeness (QED) is 0.690. The summed E-state index contributed by atoms with van der Waals surface area (Å²) in [7, 11) is 0. The minimum absolute atomic E-state index is 0.0530. The van der Waals surface area contributed by atoms with Gasteiger partial charge in [-0.25, -0.2) is 14.4 Å². The van der Waals surface area contributed by atoms with Crippen molar-refractivity contribution in [2.45, 2.75) is 26.2 Å². The van der Waals surface area contributed by atoms with E-state index in [1.54, 1.807) is 18.2 Å². The number of carbonyl (C=O) groups excluding carboxylic acids is 1. The summed E-state index contributed by atoms with van der Waals surface area (Å²) in [4.78, 5) is 20.5. The molecule has 6 heteroatoms. The van der Waals surface area contributed by atoms with Crippen LogP contribution in [0.1, 0.15) is 36.7 Å². The Hall–Kier alpha value is -3.28. The number of carbonyl (C=O) groups is 1. The van der Waals surface area contributed by atoms with Gasteiger partial charge in [0.1, 0.15) is 5.82 Å². The highest BCUT2D eigenvalue weighted by Crippen LogP contribution is 2.23. The zero-order valence-electron chi connectivity index (χ0n) is 15.5. The number of anilines is 3. The van der Waals surface area contributed by atoms with Crippen molar-refractivity contribution in [3.63, 3.8) is 0 Å². The predicted molar refractivity (Wildman–Crippen MR) is 105 cm³/mol. The van der Waals surface area contributed by atoms with Crippen molar-refractivity contribution in [1.82, 2.24) is 9.97 Å². The molecule has 1 amide bonds. The monoisotopic (exact) mass is 364 g/mol. The molecule has 138 valence electrons. The number of hydrogen-bond acceptors (Lipinski definition) is 4. The lowest BCUT2D eigenvalue weighted by Gasteiger charge is -2.19. The highest BCUT2D eigenvalue weighted by molar-refractivity contribution is 6.03. The van der Waals surface area contributed by atoms with Gasteiger partial charge in [-0.3, -0.25) is 4.79 Å². The smallest absolute Gasteiger partial charge is 0.258 e. The van der Waals surface area contributed by atoms with Crippen LogP contribution in [0, 0.1) is 5.82 Å². The van der Waals surface area contributed by atoms with Gasteiger partial charge < -0.3 is 10.6 Å². The Morgan fingerprint density at radius 1 is 0.963 bits per heavy atom. The Labute approximate surface area is 157 Å². The predicted octanol–water partition coefficient (Wildman–Crippen LogP) is 4.91. The normalized spacial score (nSPS) is 11.1. The first-order valence-electron chi connectivity index (χ1n) is 8.58. The molecule has 1 heterocycles. The first kappa shape index (κ1) is 18.5. The number of hydrogen-bond donors (Lipinski definition) is 2. The number of para-hydroxylation sites is 1. The number of nitrogens with one attached hydrogen (secondary N) is 2. The van der Waals surface area contributed by atoms with Crippen molar-refractivity contribution in [1.29, 1.82) is 0 Å². The van der Waals surface area contributed by atoms with E-state index in [1.807, 2.05) is 24.3 Å². The Bertz CT molecular complexity index is 932. The molecule has 0 saturated carbocycles. The van der Waals surface area contributed by atoms with Crippen LogP contribution in [0.25, 0.3) is 0 Å². The van der Waals surface area contributed by atoms with E-state index in [0.29, 0.717) is 11.3 Å². The molecule has 27 heavy (non-hydrogen) atoms. The molecule has 0 bridgehead atoms. The van der Waals surface area contributed by atoms with Crippen LogP contribution in [-0.4, -0.2) is 15.9 Å². The Morgan fingerprint density at radius 3 is 2.19 bits per heavy atom. The van der Waals surface area contributed by atoms with E-state index in [-0.39, 0.29) is 23.0 Å². The van der Waals surface area contributed by atoms with Crippen LogP contribution in [0.15, 0.2) is 60.9 Å². The molecule has 0 aliphatic carbocycles. The van der Waals surface area contributed by atoms with E-state index in [0.717, 1.165) is 0 Å². The van der Waals surface area contributed by atoms with Gasteiger partial charge in [0, 0.05) is 18.1 Å². The molecule has 0 fully saturated rings. The summed E-state index contributed by atoms with van der Waals surface area (Å²) in [5.74, 6) is -0.497. The molecule has 3 aromatic rings. The van der Waals surface area contributed by atoms with Crippen LogP contribution < -0.4 is 10.6 Å². The van der Waals surface area contributed by atoms with Crippen LogP contribution in [0.2, 0.25) is 0 Å². The van der Waals surface area contributed by atoms with E-state index in [9.17, 15) is 9.18 Å². The van der Waals surface area contributed by atoms with Crippen molar-refractivity contribution in [2.75, 3.05) is 10.6 Å². The molecule has 0 spiro atoms. The maximum absolute atomic E-state index is 13.6. The fourth-order valence-corrected chi connectivity index (χ4v) is 2.45. The van der Waals surface area contributed by atoms with Gasteiger partial charge in [-0.1, -0.05) is 45.0 Å². The highest BCUT2D eigenvalue weighted by atomic mass is 19.1. The number of benzene rings is 2. The highest BCUT2D eigenvalue weighted by Gasteiger charge is 2.14. The van der Waals surface area contributed by atoms with Crippen molar-refractivity contribution in [3.05, 3.63) is 77.9 Å². The SMILES string of the molecule is CC(C)(C)c1ccc(NC(=O)c2cnc(Nc3ccccc3F)nc2)cc1. The van der Waals surface area contributed by atoms with Gasteiger partial charge in [0.15, 0.2) is 0 Å². The molecular formula is C21H21FN4O. The molecule has 2 N–H and O–H groups in total. The number of halogens is 1. The summed E-state index contributed by atoms with van der Waals surface area (Å²) in [6.07, 6.45) is 2.80. The van der Waals surface area contributed by atoms with Gasteiger partial charge in [0.05, 0.1) is 11.3 Å². The van der Waals surface area contributed by atoms with Gasteiger partial charge >= 0.3 is 0 Å². The van der Waals surface area contributed by atoms with Crippen molar-refractivity contribution < 1.29 is 9.18 Å². The first-order chi connectivity index (χ1) is 12.8. The van der Waals surface area contributed by atoms with Gasteiger partial charge in [-0.2, -0.15) is 0 Å². The van der Waals surface area contributed by atoms with Gasteiger partial charge in [0.25, 0.3) is 5.91 Å². The van der Waals surface area contributed by atoms with Gasteiger partial charge in [-0.15, -0.1) is 0 Å². The average Bonchev–Trinajstić information content (AvgIpc) is 2.64. The lowest BCUT2D eigenvalue weighted by atomic mass is 9.87. The van der Waals surface area contributed by atoms with Crippen LogP contribution >= 0.6 is 0 Å². The molecule has 0 radical (unpaired) electrons. The van der Waals surface area contributed by atoms with Gasteiger partial charge in [-0.05, 0) is 35.2 Å². The standard InChI is InChI=1S/C21H21FN4O/c1-21(2,3)15-8-10-16(11-9-15)25-19(27)14-12-23-20(24-13-14)26-18-7-5-4-6-17(18)22/h4-13H,1-3H3,(H,25,27)(H,23,24,26). The fourth-order valence-electron chi connectivity index (χ4n) is 2.45. The molecule has 3 rings (SSSR count). The molecule has 0 unspecified atom stereocenters. The minimum atomic E-state index is -0.401. The zero-order valence-corrected chi connectivity index (χ0v) is 15.5. The van der Waals surface area contributed by atoms with E-state index in [1.165, 1.54) is 24.0 Å². The van der Waals surface area contributed by atoms with Crippen LogP contribution in [0.3, 0.4) is 0 Å². The summed E-state index contributed by atoms with van der Waals surface area (Å²) < 4.78 is 13.6. The summed E-state index contributed by atoms with van der Waals surface area (Å²) in [5, 5.41) is 5.60. The van der Waals surface area contributed by atoms with Crippen LogP contribution in [0.4, 0.5) is 21.7 Å². The topological polar surface area (TPSA) is 66.9 Å². The third kappa shape index (κ3) is 4.67. The molecule has 0 atom stereocenters. The summed E-state index contributed by atoms with van der Waals surface area (Å²) in [5.41, 5.74) is 2.52. The Morgan fingerprint density at radius 2 is 1.59 bits per heavy atom. The fraction of sp³-hybridized carbons (Fsp3) is 0.190. The van der Waals surface area contributed by atoms with E-state index < -0.39 is 5.82 Å². The molecule has 2 aromatic carbocycles. The molecule has 0 aliphatic rings. The van der Waals surface area contributed by atoms with Crippen molar-refractivity contribution >= 4 is 23.2 Å². The third-order valence-corrected chi connectivity index (χ3v) is 4.04. The Balaban J connectivity index is 1.66. The molecule has 5 nitrogen and oxygen atoms in total. The number of rotatable bonds is 4. The molecule has 1 aromatic heterocycles. The van der Waals surface area contributed by atoms with E-state index in [2.05, 4.69) is 41.4 Å².